The van der Waals surface area contributed by atoms with Crippen molar-refractivity contribution in [2.75, 3.05) is 40.5 Å². The smallest absolute Gasteiger partial charge is 0.347 e. The van der Waals surface area contributed by atoms with E-state index in [0.717, 1.165) is 44.3 Å². The van der Waals surface area contributed by atoms with Crippen molar-refractivity contribution in [1.82, 2.24) is 34.0 Å². The Balaban J connectivity index is 1.20. The van der Waals surface area contributed by atoms with Gasteiger partial charge < -0.3 is 48.1 Å². The summed E-state index contributed by atoms with van der Waals surface area (Å²) in [4.78, 5) is 45.7. The fourth-order valence-electron chi connectivity index (χ4n) is 7.65. The van der Waals surface area contributed by atoms with E-state index >= 15 is 0 Å². The number of hydrogen-bond acceptors (Lipinski definition) is 8. The Morgan fingerprint density at radius 3 is 2.04 bits per heavy atom. The number of carboxylic acid groups (broad SMARTS) is 1. The van der Waals surface area contributed by atoms with Crippen LogP contribution in [0.4, 0.5) is 0 Å². The Bertz CT molecular complexity index is 2690. The van der Waals surface area contributed by atoms with Crippen molar-refractivity contribution in [2.45, 2.75) is 12.1 Å². The number of nitrogens with zero attached hydrogens (tertiary/aromatic N) is 5. The molecular weight excluding hydrogens is 702 g/mol. The number of morpholine rings is 1. The quantitative estimate of drug-likeness (QED) is 0.149. The molecule has 2 atom stereocenters. The maximum atomic E-state index is 14.8. The molecule has 9 rings (SSSR count). The third-order valence-corrected chi connectivity index (χ3v) is 10.3. The van der Waals surface area contributed by atoms with Gasteiger partial charge in [-0.25, -0.2) is 14.8 Å². The normalized spacial score (nSPS) is 14.5. The van der Waals surface area contributed by atoms with Crippen molar-refractivity contribution in [3.8, 4) is 39.8 Å². The van der Waals surface area contributed by atoms with E-state index < -0.39 is 24.0 Å². The van der Waals surface area contributed by atoms with Gasteiger partial charge in [0, 0.05) is 101 Å². The summed E-state index contributed by atoms with van der Waals surface area (Å²) in [5.74, 6) is -0.541. The van der Waals surface area contributed by atoms with Gasteiger partial charge in [0.05, 0.1) is 33.0 Å². The van der Waals surface area contributed by atoms with Crippen molar-refractivity contribution in [3.63, 3.8) is 0 Å². The highest BCUT2D eigenvalue weighted by Gasteiger charge is 2.41. The second kappa shape index (κ2) is 13.6. The maximum Gasteiger partial charge on any atom is 0.347 e. The Morgan fingerprint density at radius 2 is 1.42 bits per heavy atom. The molecular formula is C41H37N7O7. The number of carbonyl (C=O) groups excluding carboxylic acids is 1. The first kappa shape index (κ1) is 34.0. The molecule has 278 valence electrons. The number of fused-ring (bicyclic) bond motifs is 4. The number of aromatic nitrogens is 6. The molecule has 0 saturated carbocycles. The van der Waals surface area contributed by atoms with Crippen LogP contribution in [0.3, 0.4) is 0 Å². The van der Waals surface area contributed by atoms with Crippen molar-refractivity contribution < 1.29 is 33.6 Å². The highest BCUT2D eigenvalue weighted by atomic mass is 16.5. The van der Waals surface area contributed by atoms with Gasteiger partial charge in [0.2, 0.25) is 12.0 Å². The van der Waals surface area contributed by atoms with Gasteiger partial charge in [0.25, 0.3) is 0 Å². The van der Waals surface area contributed by atoms with Crippen molar-refractivity contribution in [1.29, 1.82) is 0 Å². The summed E-state index contributed by atoms with van der Waals surface area (Å²) in [6.07, 6.45) is 5.59. The number of H-pyrrole nitrogens is 2. The number of amides is 1. The van der Waals surface area contributed by atoms with E-state index in [1.807, 2.05) is 72.4 Å². The second-order valence-electron chi connectivity index (χ2n) is 13.5. The first-order valence-corrected chi connectivity index (χ1v) is 17.8. The van der Waals surface area contributed by atoms with Crippen LogP contribution in [0.25, 0.3) is 66.4 Å². The van der Waals surface area contributed by atoms with Crippen LogP contribution < -0.4 is 14.2 Å². The van der Waals surface area contributed by atoms with Crippen LogP contribution in [-0.2, 0) is 21.4 Å². The van der Waals surface area contributed by atoms with Crippen LogP contribution in [0.1, 0.15) is 6.04 Å². The zero-order valence-electron chi connectivity index (χ0n) is 30.3. The molecule has 6 aromatic heterocycles. The topological polar surface area (TPSA) is 162 Å². The average molecular weight is 740 g/mol. The molecule has 8 aromatic rings. The Morgan fingerprint density at radius 1 is 0.800 bits per heavy atom. The number of hydrogen-bond donors (Lipinski definition) is 3. The number of aromatic amines is 2. The van der Waals surface area contributed by atoms with E-state index in [2.05, 4.69) is 19.9 Å². The molecule has 3 N–H and O–H groups in total. The predicted molar refractivity (Wildman–Crippen MR) is 207 cm³/mol. The lowest BCUT2D eigenvalue weighted by Gasteiger charge is -2.33. The van der Waals surface area contributed by atoms with E-state index in [1.165, 1.54) is 7.11 Å². The number of pyridine rings is 2. The molecule has 7 heterocycles. The minimum Gasteiger partial charge on any atom is -0.493 e. The van der Waals surface area contributed by atoms with Gasteiger partial charge in [0.1, 0.15) is 17.0 Å². The summed E-state index contributed by atoms with van der Waals surface area (Å²) in [6, 6.07) is 19.4. The highest BCUT2D eigenvalue weighted by Crippen LogP contribution is 2.42. The minimum atomic E-state index is -1.65. The lowest BCUT2D eigenvalue weighted by Crippen LogP contribution is -2.50. The number of carbonyl (C=O) groups is 2. The molecule has 0 bridgehead atoms. The van der Waals surface area contributed by atoms with Crippen LogP contribution in [-0.4, -0.2) is 97.6 Å². The number of carboxylic acids is 1. The molecule has 14 nitrogen and oxygen atoms in total. The number of aliphatic carboxylic acids is 1. The number of aryl methyl sites for hydroxylation is 1. The maximum absolute atomic E-state index is 14.8. The van der Waals surface area contributed by atoms with Crippen LogP contribution in [0.15, 0.2) is 91.5 Å². The van der Waals surface area contributed by atoms with Crippen molar-refractivity contribution in [3.05, 3.63) is 91.5 Å². The third-order valence-electron chi connectivity index (χ3n) is 10.3. The minimum absolute atomic E-state index is 0.291. The average Bonchev–Trinajstić information content (AvgIpc) is 4.00. The second-order valence-corrected chi connectivity index (χ2v) is 13.5. The van der Waals surface area contributed by atoms with E-state index in [9.17, 15) is 14.7 Å². The number of benzene rings is 2. The van der Waals surface area contributed by atoms with Gasteiger partial charge in [-0.1, -0.05) is 0 Å². The monoisotopic (exact) mass is 739 g/mol. The van der Waals surface area contributed by atoms with Gasteiger partial charge in [-0.3, -0.25) is 4.79 Å². The van der Waals surface area contributed by atoms with Gasteiger partial charge in [-0.05, 0) is 60.7 Å². The molecule has 1 amide bonds. The SMILES string of the molecule is COc1cc2c(-c3cc4cccnc4[nH]3)cn(C(C(=O)N3CCOCC3)C(Oc3ccc4c(c3)c(-c3cc5cccnc5[nH]3)cn4C)C(=O)O)c2cc1OC. The zero-order chi connectivity index (χ0) is 37.8. The Hall–Kier alpha value is -6.80. The third kappa shape index (κ3) is 5.87. The van der Waals surface area contributed by atoms with Crippen LogP contribution in [0.2, 0.25) is 0 Å². The van der Waals surface area contributed by atoms with Gasteiger partial charge in [-0.2, -0.15) is 0 Å². The largest absolute Gasteiger partial charge is 0.493 e. The Labute approximate surface area is 313 Å². The zero-order valence-corrected chi connectivity index (χ0v) is 30.3. The van der Waals surface area contributed by atoms with Gasteiger partial charge in [0.15, 0.2) is 17.5 Å². The van der Waals surface area contributed by atoms with Crippen LogP contribution in [0.5, 0.6) is 17.2 Å². The molecule has 0 aliphatic carbocycles. The summed E-state index contributed by atoms with van der Waals surface area (Å²) in [5.41, 5.74) is 6.09. The molecule has 1 fully saturated rings. The van der Waals surface area contributed by atoms with Gasteiger partial charge in [-0.15, -0.1) is 0 Å². The van der Waals surface area contributed by atoms with E-state index in [4.69, 9.17) is 18.9 Å². The molecule has 1 aliphatic heterocycles. The molecule has 1 aliphatic rings. The first-order valence-electron chi connectivity index (χ1n) is 17.8. The number of methoxy groups -OCH3 is 2. The lowest BCUT2D eigenvalue weighted by atomic mass is 10.1. The molecule has 2 aromatic carbocycles. The van der Waals surface area contributed by atoms with Crippen molar-refractivity contribution >= 4 is 55.7 Å². The fraction of sp³-hybridized carbons (Fsp3) is 0.220. The standard InChI is InChI=1S/C41H37N7O7/c1-46-21-28(30-16-23-6-4-10-42-38(23)44-30)26-18-25(8-9-32(26)46)55-37(41(50)51)36(40(49)47-12-14-54-15-13-47)48-22-29(31-17-24-7-5-11-43-39(24)45-31)27-19-34(52-2)35(53-3)20-33(27)48/h4-11,16-22,36-37H,12-15H2,1-3H3,(H,42,44)(H,43,45)(H,50,51). The molecule has 0 radical (unpaired) electrons. The summed E-state index contributed by atoms with van der Waals surface area (Å²) in [5, 5.41) is 14.4. The molecule has 14 heteroatoms. The van der Waals surface area contributed by atoms with E-state index in [1.54, 1.807) is 47.3 Å². The molecule has 2 unspecified atom stereocenters. The van der Waals surface area contributed by atoms with Crippen LogP contribution >= 0.6 is 0 Å². The fourth-order valence-corrected chi connectivity index (χ4v) is 7.65. The van der Waals surface area contributed by atoms with Gasteiger partial charge >= 0.3 is 5.97 Å². The van der Waals surface area contributed by atoms with Crippen LogP contribution in [0, 0.1) is 0 Å². The lowest BCUT2D eigenvalue weighted by molar-refractivity contribution is -0.155. The van der Waals surface area contributed by atoms with E-state index in [0.29, 0.717) is 65.7 Å². The Kier molecular flexibility index (Phi) is 8.38. The number of nitrogens with one attached hydrogen (secondary N) is 2. The molecule has 55 heavy (non-hydrogen) atoms. The summed E-state index contributed by atoms with van der Waals surface area (Å²) in [6.45, 7) is 1.27. The number of ether oxygens (including phenoxy) is 4. The molecule has 1 saturated heterocycles. The summed E-state index contributed by atoms with van der Waals surface area (Å²) < 4.78 is 27.1. The van der Waals surface area contributed by atoms with Crippen molar-refractivity contribution in [2.24, 2.45) is 7.05 Å². The first-order chi connectivity index (χ1) is 26.8. The summed E-state index contributed by atoms with van der Waals surface area (Å²) >= 11 is 0. The number of rotatable bonds is 10. The molecule has 0 spiro atoms. The predicted octanol–water partition coefficient (Wildman–Crippen LogP) is 6.17. The highest BCUT2D eigenvalue weighted by molar-refractivity contribution is 6.02. The van der Waals surface area contributed by atoms with E-state index in [-0.39, 0.29) is 0 Å². The summed E-state index contributed by atoms with van der Waals surface area (Å²) in [7, 11) is 5.03.